The second-order valence-electron chi connectivity index (χ2n) is 5.14. The maximum atomic E-state index is 11.1. The van der Waals surface area contributed by atoms with Crippen LogP contribution in [0.1, 0.15) is 38.5 Å². The average molecular weight is 273 g/mol. The van der Waals surface area contributed by atoms with E-state index in [1.807, 2.05) is 0 Å². The van der Waals surface area contributed by atoms with E-state index in [0.717, 1.165) is 25.8 Å². The van der Waals surface area contributed by atoms with E-state index < -0.39 is 0 Å². The zero-order chi connectivity index (χ0) is 14.1. The molecule has 1 aliphatic rings. The summed E-state index contributed by atoms with van der Waals surface area (Å²) in [6.07, 6.45) is 6.01. The van der Waals surface area contributed by atoms with E-state index in [-0.39, 0.29) is 12.3 Å². The molecule has 0 bridgehead atoms. The van der Waals surface area contributed by atoms with E-state index in [4.69, 9.17) is 9.47 Å². The second kappa shape index (κ2) is 9.28. The van der Waals surface area contributed by atoms with Crippen LogP contribution >= 0.6 is 0 Å². The van der Waals surface area contributed by atoms with Crippen molar-refractivity contribution < 1.29 is 19.0 Å². The predicted molar refractivity (Wildman–Crippen MR) is 72.8 cm³/mol. The monoisotopic (exact) mass is 273 g/mol. The Hall–Kier alpha value is -0.650. The molecule has 1 fully saturated rings. The zero-order valence-electron chi connectivity index (χ0n) is 12.3. The molecule has 0 unspecified atom stereocenters. The summed E-state index contributed by atoms with van der Waals surface area (Å²) in [4.78, 5) is 11.1. The van der Waals surface area contributed by atoms with Crippen molar-refractivity contribution in [2.45, 2.75) is 50.9 Å². The molecule has 0 aliphatic heterocycles. The number of carbonyl (C=O) groups excluding carboxylic acids is 1. The standard InChI is InChI=1S/C14H27NO4/c1-17-13(16)9-6-11-4-7-12(8-5-11)15-10-14(18-2)19-3/h11-12,14-15H,4-10H2,1-3H3. The fraction of sp³-hybridized carbons (Fsp3) is 0.929. The molecule has 1 aliphatic carbocycles. The number of hydrogen-bond donors (Lipinski definition) is 1. The molecule has 0 saturated heterocycles. The minimum absolute atomic E-state index is 0.0942. The van der Waals surface area contributed by atoms with Crippen LogP contribution in [0.4, 0.5) is 0 Å². The van der Waals surface area contributed by atoms with Gasteiger partial charge in [0.1, 0.15) is 0 Å². The van der Waals surface area contributed by atoms with Crippen molar-refractivity contribution in [3.05, 3.63) is 0 Å². The van der Waals surface area contributed by atoms with E-state index in [1.54, 1.807) is 14.2 Å². The normalized spacial score (nSPS) is 23.6. The first-order valence-corrected chi connectivity index (χ1v) is 7.05. The lowest BCUT2D eigenvalue weighted by atomic mass is 9.83. The molecule has 5 heteroatoms. The lowest BCUT2D eigenvalue weighted by Crippen LogP contribution is -2.39. The lowest BCUT2D eigenvalue weighted by molar-refractivity contribution is -0.141. The van der Waals surface area contributed by atoms with E-state index in [2.05, 4.69) is 10.1 Å². The van der Waals surface area contributed by atoms with Gasteiger partial charge in [-0.15, -0.1) is 0 Å². The van der Waals surface area contributed by atoms with Crippen molar-refractivity contribution in [1.82, 2.24) is 5.32 Å². The number of nitrogens with one attached hydrogen (secondary N) is 1. The fourth-order valence-corrected chi connectivity index (χ4v) is 2.61. The van der Waals surface area contributed by atoms with Gasteiger partial charge in [-0.1, -0.05) is 0 Å². The zero-order valence-corrected chi connectivity index (χ0v) is 12.3. The van der Waals surface area contributed by atoms with Crippen molar-refractivity contribution in [3.63, 3.8) is 0 Å². The third-order valence-electron chi connectivity index (χ3n) is 3.93. The van der Waals surface area contributed by atoms with Crippen molar-refractivity contribution in [3.8, 4) is 0 Å². The Morgan fingerprint density at radius 2 is 1.79 bits per heavy atom. The summed E-state index contributed by atoms with van der Waals surface area (Å²) in [7, 11) is 4.75. The Balaban J connectivity index is 2.13. The summed E-state index contributed by atoms with van der Waals surface area (Å²) < 4.78 is 15.0. The van der Waals surface area contributed by atoms with Gasteiger partial charge in [0.15, 0.2) is 6.29 Å². The molecule has 0 atom stereocenters. The van der Waals surface area contributed by atoms with Gasteiger partial charge in [-0.25, -0.2) is 0 Å². The number of esters is 1. The van der Waals surface area contributed by atoms with Crippen LogP contribution in [0.15, 0.2) is 0 Å². The van der Waals surface area contributed by atoms with Gasteiger partial charge < -0.3 is 19.5 Å². The van der Waals surface area contributed by atoms with Crippen LogP contribution in [0.2, 0.25) is 0 Å². The summed E-state index contributed by atoms with van der Waals surface area (Å²) in [6.45, 7) is 0.727. The predicted octanol–water partition coefficient (Wildman–Crippen LogP) is 1.71. The molecule has 0 amide bonds. The molecular formula is C14H27NO4. The van der Waals surface area contributed by atoms with Gasteiger partial charge in [0.2, 0.25) is 0 Å². The van der Waals surface area contributed by atoms with Gasteiger partial charge in [0, 0.05) is 33.2 Å². The number of rotatable bonds is 8. The number of hydrogen-bond acceptors (Lipinski definition) is 5. The molecule has 112 valence electrons. The van der Waals surface area contributed by atoms with Crippen LogP contribution in [0.25, 0.3) is 0 Å². The molecule has 0 aromatic heterocycles. The number of ether oxygens (including phenoxy) is 3. The van der Waals surface area contributed by atoms with E-state index in [0.29, 0.717) is 18.4 Å². The van der Waals surface area contributed by atoms with E-state index in [9.17, 15) is 4.79 Å². The number of methoxy groups -OCH3 is 3. The third kappa shape index (κ3) is 6.36. The first kappa shape index (κ1) is 16.4. The van der Waals surface area contributed by atoms with Gasteiger partial charge in [0.25, 0.3) is 0 Å². The van der Waals surface area contributed by atoms with E-state index in [1.165, 1.54) is 20.0 Å². The molecule has 5 nitrogen and oxygen atoms in total. The Bertz CT molecular complexity index is 248. The Labute approximate surface area is 116 Å². The molecule has 0 aromatic carbocycles. The van der Waals surface area contributed by atoms with Gasteiger partial charge in [0.05, 0.1) is 7.11 Å². The average Bonchev–Trinajstić information content (AvgIpc) is 2.47. The summed E-state index contributed by atoms with van der Waals surface area (Å²) in [6, 6.07) is 0.544. The van der Waals surface area contributed by atoms with E-state index >= 15 is 0 Å². The van der Waals surface area contributed by atoms with Crippen LogP contribution < -0.4 is 5.32 Å². The number of carbonyl (C=O) groups is 1. The van der Waals surface area contributed by atoms with Gasteiger partial charge >= 0.3 is 5.97 Å². The van der Waals surface area contributed by atoms with Crippen molar-refractivity contribution >= 4 is 5.97 Å². The quantitative estimate of drug-likeness (QED) is 0.539. The highest BCUT2D eigenvalue weighted by molar-refractivity contribution is 5.69. The first-order chi connectivity index (χ1) is 9.19. The topological polar surface area (TPSA) is 56.8 Å². The van der Waals surface area contributed by atoms with Crippen LogP contribution in [0, 0.1) is 5.92 Å². The van der Waals surface area contributed by atoms with Crippen molar-refractivity contribution in [2.24, 2.45) is 5.92 Å². The third-order valence-corrected chi connectivity index (χ3v) is 3.93. The maximum Gasteiger partial charge on any atom is 0.305 e. The van der Waals surface area contributed by atoms with Crippen LogP contribution in [0.3, 0.4) is 0 Å². The Morgan fingerprint density at radius 1 is 1.16 bits per heavy atom. The van der Waals surface area contributed by atoms with Gasteiger partial charge in [-0.05, 0) is 38.0 Å². The summed E-state index contributed by atoms with van der Waals surface area (Å²) in [5.74, 6) is 0.570. The highest BCUT2D eigenvalue weighted by Gasteiger charge is 2.22. The maximum absolute atomic E-state index is 11.1. The second-order valence-corrected chi connectivity index (χ2v) is 5.14. The first-order valence-electron chi connectivity index (χ1n) is 7.05. The molecule has 0 heterocycles. The highest BCUT2D eigenvalue weighted by atomic mass is 16.7. The summed E-state index contributed by atoms with van der Waals surface area (Å²) in [5, 5.41) is 3.48. The largest absolute Gasteiger partial charge is 0.469 e. The highest BCUT2D eigenvalue weighted by Crippen LogP contribution is 2.27. The van der Waals surface area contributed by atoms with Crippen molar-refractivity contribution in [1.29, 1.82) is 0 Å². The summed E-state index contributed by atoms with van der Waals surface area (Å²) >= 11 is 0. The van der Waals surface area contributed by atoms with Crippen LogP contribution in [0.5, 0.6) is 0 Å². The lowest BCUT2D eigenvalue weighted by Gasteiger charge is -2.30. The van der Waals surface area contributed by atoms with Crippen LogP contribution in [-0.4, -0.2) is 46.2 Å². The molecule has 1 N–H and O–H groups in total. The van der Waals surface area contributed by atoms with Crippen molar-refractivity contribution in [2.75, 3.05) is 27.9 Å². The Kier molecular flexibility index (Phi) is 8.02. The van der Waals surface area contributed by atoms with Gasteiger partial charge in [-0.2, -0.15) is 0 Å². The molecule has 1 rings (SSSR count). The molecule has 0 aromatic rings. The van der Waals surface area contributed by atoms with Crippen LogP contribution in [-0.2, 0) is 19.0 Å². The fourth-order valence-electron chi connectivity index (χ4n) is 2.61. The Morgan fingerprint density at radius 3 is 2.32 bits per heavy atom. The molecule has 1 saturated carbocycles. The molecule has 19 heavy (non-hydrogen) atoms. The minimum atomic E-state index is -0.169. The molecular weight excluding hydrogens is 246 g/mol. The molecule has 0 radical (unpaired) electrons. The smallest absolute Gasteiger partial charge is 0.305 e. The summed E-state index contributed by atoms with van der Waals surface area (Å²) in [5.41, 5.74) is 0. The minimum Gasteiger partial charge on any atom is -0.469 e. The molecule has 0 spiro atoms. The SMILES string of the molecule is COC(=O)CCC1CCC(NCC(OC)OC)CC1. The van der Waals surface area contributed by atoms with Gasteiger partial charge in [-0.3, -0.25) is 4.79 Å².